The number of nitrogens with zero attached hydrogens (tertiary/aromatic N) is 9. The molecule has 3 aliphatic heterocycles. The Morgan fingerprint density at radius 2 is 1.18 bits per heavy atom. The highest BCUT2D eigenvalue weighted by atomic mass is 32.7. The number of hydrogen-bond donors (Lipinski definition) is 8. The second kappa shape index (κ2) is 18.8. The van der Waals surface area contributed by atoms with E-state index < -0.39 is 92.7 Å². The van der Waals surface area contributed by atoms with Crippen molar-refractivity contribution in [2.24, 2.45) is 5.92 Å². The summed E-state index contributed by atoms with van der Waals surface area (Å²) in [7, 11) is 1.17. The average Bonchev–Trinajstić information content (AvgIpc) is 4.12. The van der Waals surface area contributed by atoms with Gasteiger partial charge < -0.3 is 58.5 Å². The van der Waals surface area contributed by atoms with Crippen LogP contribution in [-0.2, 0) is 69.5 Å². The van der Waals surface area contributed by atoms with Gasteiger partial charge in [-0.2, -0.15) is 9.97 Å². The molecule has 6 aromatic heterocycles. The molecule has 67 heavy (non-hydrogen) atoms. The number of nitrogen functional groups attached to an aromatic ring is 2. The van der Waals surface area contributed by atoms with Gasteiger partial charge in [0.25, 0.3) is 16.7 Å². The van der Waals surface area contributed by atoms with Gasteiger partial charge in [0, 0.05) is 20.0 Å². The summed E-state index contributed by atoms with van der Waals surface area (Å²) in [5.74, 6) is -0.421. The van der Waals surface area contributed by atoms with Crippen LogP contribution in [0.3, 0.4) is 0 Å². The molecule has 0 bridgehead atoms. The van der Waals surface area contributed by atoms with Crippen LogP contribution >= 0.6 is 32.5 Å². The fourth-order valence-electron chi connectivity index (χ4n) is 7.85. The van der Waals surface area contributed by atoms with Crippen molar-refractivity contribution in [3.8, 4) is 0 Å². The lowest BCUT2D eigenvalue weighted by Gasteiger charge is -2.26. The molecule has 3 saturated heterocycles. The van der Waals surface area contributed by atoms with E-state index in [1.54, 1.807) is 4.57 Å². The number of H-pyrrole nitrogens is 3. The van der Waals surface area contributed by atoms with Crippen molar-refractivity contribution in [3.63, 3.8) is 0 Å². The van der Waals surface area contributed by atoms with Crippen LogP contribution in [0.25, 0.3) is 33.5 Å². The molecule has 9 heterocycles. The van der Waals surface area contributed by atoms with E-state index in [-0.39, 0.29) is 77.4 Å². The van der Waals surface area contributed by atoms with Gasteiger partial charge in [-0.3, -0.25) is 47.1 Å². The number of hydrogen-bond acceptors (Lipinski definition) is 23. The number of nitrogens with two attached hydrogens (primary N) is 2. The van der Waals surface area contributed by atoms with Crippen molar-refractivity contribution in [2.45, 2.75) is 75.4 Å². The molecule has 6 aromatic rings. The summed E-state index contributed by atoms with van der Waals surface area (Å²) < 4.78 is 71.2. The monoisotopic (exact) mass is 1050 g/mol. The quantitative estimate of drug-likeness (QED) is 0.0466. The molecule has 3 fully saturated rings. The van der Waals surface area contributed by atoms with E-state index in [0.717, 1.165) is 0 Å². The van der Waals surface area contributed by atoms with Crippen LogP contribution in [0.2, 0.25) is 0 Å². The number of ether oxygens (including phenoxy) is 3. The van der Waals surface area contributed by atoms with Crippen LogP contribution in [-0.4, -0.2) is 126 Å². The Balaban J connectivity index is 0.906. The third kappa shape index (κ3) is 10.2. The van der Waals surface area contributed by atoms with E-state index in [1.165, 1.54) is 41.6 Å². The first-order valence-electron chi connectivity index (χ1n) is 19.9. The molecule has 0 aliphatic carbocycles. The molecule has 0 saturated carbocycles. The second-order valence-corrected chi connectivity index (χ2v) is 24.1. The fourth-order valence-corrected chi connectivity index (χ4v) is 11.5. The molecule has 0 radical (unpaired) electrons. The van der Waals surface area contributed by atoms with Crippen molar-refractivity contribution in [1.82, 2.24) is 58.6 Å². The van der Waals surface area contributed by atoms with Crippen LogP contribution in [0, 0.1) is 5.92 Å². The largest absolute Gasteiger partial charge is 0.386 e. The predicted molar refractivity (Wildman–Crippen MR) is 242 cm³/mol. The highest BCUT2D eigenvalue weighted by Crippen LogP contribution is 2.58. The molecule has 29 nitrogen and oxygen atoms in total. The standard InChI is InChI=1S/C32H41N14O15P3S3/c1-13-3-19(45-11-38-23-26(45)40-31(33)42-29(23)48)57-16(13)6-55-63(51,66)60-15-5-21(46-12-39-24-27(46)41-32(34)43-30(24)49)59-18(15)8-56-64(52,67)61-14-4-20(58-17(14)7-54-62(50,65)53-2)44-10-37-22-25(44)35-9-36-28(22)47/h9-21H,3-8H2,1-2H3,(H,50,65)(H,51,66)(H,52,67)(H,35,36,47)(H3,33,40,42,48)(H3,34,41,43,49)/t13-,14-,15-,16-,17-,18-,19-,20-,21-,62?,63?,64?/m1/s1. The predicted octanol–water partition coefficient (Wildman–Crippen LogP) is 0.987. The summed E-state index contributed by atoms with van der Waals surface area (Å²) in [5.41, 5.74) is 10.6. The van der Waals surface area contributed by atoms with Gasteiger partial charge in [-0.05, 0) is 36.0 Å². The molecule has 9 rings (SSSR count). The number of anilines is 2. The molecular formula is C32H41N14O15P3S3. The molecule has 9 N–H and O–H groups in total. The number of rotatable bonds is 17. The molecular weight excluding hydrogens is 1010 g/mol. The number of imidazole rings is 3. The van der Waals surface area contributed by atoms with Crippen molar-refractivity contribution in [1.29, 1.82) is 0 Å². The van der Waals surface area contributed by atoms with Gasteiger partial charge in [0.05, 0.1) is 57.3 Å². The third-order valence-corrected chi connectivity index (χ3v) is 16.0. The maximum absolute atomic E-state index is 14.1. The lowest BCUT2D eigenvalue weighted by Crippen LogP contribution is -2.30. The Hall–Kier alpha value is -3.91. The number of fused-ring (bicyclic) bond motifs is 3. The number of aromatic amines is 3. The second-order valence-electron chi connectivity index (χ2n) is 15.4. The Morgan fingerprint density at radius 1 is 0.716 bits per heavy atom. The Bertz CT molecular complexity index is 3170. The summed E-state index contributed by atoms with van der Waals surface area (Å²) in [5, 5.41) is 0. The molecule has 0 spiro atoms. The van der Waals surface area contributed by atoms with Gasteiger partial charge in [-0.15, -0.1) is 0 Å². The summed E-state index contributed by atoms with van der Waals surface area (Å²) >= 11 is 14.7. The van der Waals surface area contributed by atoms with E-state index in [1.807, 2.05) is 6.92 Å². The van der Waals surface area contributed by atoms with Gasteiger partial charge in [-0.25, -0.2) is 24.5 Å². The van der Waals surface area contributed by atoms with Gasteiger partial charge >= 0.3 is 20.2 Å². The Labute approximate surface area is 390 Å². The molecule has 362 valence electrons. The van der Waals surface area contributed by atoms with Crippen LogP contribution < -0.4 is 28.1 Å². The lowest BCUT2D eigenvalue weighted by molar-refractivity contribution is -0.0483. The van der Waals surface area contributed by atoms with Gasteiger partial charge in [0.15, 0.2) is 33.5 Å². The maximum atomic E-state index is 14.1. The number of thiol groups is 1. The molecule has 0 aromatic carbocycles. The van der Waals surface area contributed by atoms with Crippen LogP contribution in [0.4, 0.5) is 11.9 Å². The minimum absolute atomic E-state index is 0.0288. The SMILES string of the molecule is COP(O)(=S)OC[C@H]1O[C@@H](n2cnc3c(=O)[nH]cnc32)C[C@H]1OP(=O)(S)OC[C@H]1O[C@@H](n2cnc3c(=O)[nH]c(N)nc32)C[C@H]1OP(O)(=S)OC[C@H]1O[C@@H](n2cnc3c(=O)[nH]c(N)nc32)C[C@H]1C. The lowest BCUT2D eigenvalue weighted by atomic mass is 10.0. The minimum atomic E-state index is -4.39. The highest BCUT2D eigenvalue weighted by molar-refractivity contribution is 8.44. The zero-order valence-electron chi connectivity index (χ0n) is 34.7. The third-order valence-electron chi connectivity index (χ3n) is 11.1. The summed E-state index contributed by atoms with van der Waals surface area (Å²) in [6.45, 7) is -11.5. The van der Waals surface area contributed by atoms with Crippen LogP contribution in [0.5, 0.6) is 0 Å². The first-order valence-corrected chi connectivity index (χ1v) is 27.8. The first-order chi connectivity index (χ1) is 31.8. The summed E-state index contributed by atoms with van der Waals surface area (Å²) in [6.07, 6.45) is -1.92. The smallest absolute Gasteiger partial charge is 0.369 e. The Morgan fingerprint density at radius 3 is 1.75 bits per heavy atom. The minimum Gasteiger partial charge on any atom is -0.369 e. The topological polar surface area (TPSA) is 383 Å². The van der Waals surface area contributed by atoms with Crippen molar-refractivity contribution < 1.29 is 55.7 Å². The van der Waals surface area contributed by atoms with E-state index in [2.05, 4.69) is 57.1 Å². The Kier molecular flexibility index (Phi) is 13.5. The van der Waals surface area contributed by atoms with E-state index in [4.69, 9.17) is 76.4 Å². The van der Waals surface area contributed by atoms with Crippen molar-refractivity contribution in [3.05, 3.63) is 56.4 Å². The van der Waals surface area contributed by atoms with Crippen molar-refractivity contribution >= 4 is 101 Å². The summed E-state index contributed by atoms with van der Waals surface area (Å²) in [4.78, 5) is 91.4. The summed E-state index contributed by atoms with van der Waals surface area (Å²) in [6, 6.07) is 0. The van der Waals surface area contributed by atoms with Crippen LogP contribution in [0.1, 0.15) is 44.9 Å². The van der Waals surface area contributed by atoms with E-state index >= 15 is 0 Å². The van der Waals surface area contributed by atoms with Gasteiger partial charge in [-0.1, -0.05) is 19.2 Å². The zero-order valence-corrected chi connectivity index (χ0v) is 39.9. The zero-order chi connectivity index (χ0) is 47.6. The van der Waals surface area contributed by atoms with E-state index in [0.29, 0.717) is 6.42 Å². The van der Waals surface area contributed by atoms with Crippen LogP contribution in [0.15, 0.2) is 39.7 Å². The molecule has 0 amide bonds. The highest BCUT2D eigenvalue weighted by Gasteiger charge is 2.46. The normalized spacial score (nSPS) is 28.3. The molecule has 3 aliphatic rings. The molecule has 35 heteroatoms. The number of aromatic nitrogens is 12. The van der Waals surface area contributed by atoms with Gasteiger partial charge in [0.1, 0.15) is 37.0 Å². The number of nitrogens with one attached hydrogen (secondary N) is 3. The molecule has 12 atom stereocenters. The molecule has 3 unspecified atom stereocenters. The van der Waals surface area contributed by atoms with Crippen molar-refractivity contribution in [2.75, 3.05) is 38.4 Å². The van der Waals surface area contributed by atoms with E-state index in [9.17, 15) is 28.7 Å². The fraction of sp³-hybridized carbons (Fsp3) is 0.531. The van der Waals surface area contributed by atoms with Gasteiger partial charge in [0.2, 0.25) is 11.9 Å². The maximum Gasteiger partial charge on any atom is 0.386 e. The first kappa shape index (κ1) is 48.1. The average molecular weight is 1050 g/mol.